The molecule has 1 aliphatic heterocycles. The monoisotopic (exact) mass is 368 g/mol. The summed E-state index contributed by atoms with van der Waals surface area (Å²) in [6.07, 6.45) is 5.77. The van der Waals surface area contributed by atoms with Gasteiger partial charge in [0.05, 0.1) is 0 Å². The van der Waals surface area contributed by atoms with E-state index < -0.39 is 0 Å². The van der Waals surface area contributed by atoms with Gasteiger partial charge in [-0.3, -0.25) is 9.69 Å². The van der Waals surface area contributed by atoms with E-state index in [0.29, 0.717) is 18.2 Å². The zero-order valence-corrected chi connectivity index (χ0v) is 16.2. The third-order valence-electron chi connectivity index (χ3n) is 4.63. The van der Waals surface area contributed by atoms with Crippen molar-refractivity contribution in [2.75, 3.05) is 38.0 Å². The number of nitrogens with one attached hydrogen (secondary N) is 1. The SMILES string of the molecule is CCCNc1ncc(CN2CCCN(C(=O)c3cccc(C)n3)CC2)cn1. The van der Waals surface area contributed by atoms with Crippen LogP contribution < -0.4 is 5.32 Å². The first-order chi connectivity index (χ1) is 13.2. The second-order valence-corrected chi connectivity index (χ2v) is 6.93. The molecular formula is C20H28N6O. The highest BCUT2D eigenvalue weighted by Gasteiger charge is 2.21. The highest BCUT2D eigenvalue weighted by Crippen LogP contribution is 2.11. The number of anilines is 1. The Bertz CT molecular complexity index is 748. The Labute approximate surface area is 160 Å². The van der Waals surface area contributed by atoms with Crippen molar-refractivity contribution in [2.45, 2.75) is 33.2 Å². The maximum Gasteiger partial charge on any atom is 0.272 e. The van der Waals surface area contributed by atoms with Gasteiger partial charge in [0.25, 0.3) is 5.91 Å². The normalized spacial score (nSPS) is 15.4. The zero-order valence-electron chi connectivity index (χ0n) is 16.2. The number of hydrogen-bond acceptors (Lipinski definition) is 6. The van der Waals surface area contributed by atoms with Gasteiger partial charge in [0.2, 0.25) is 5.95 Å². The van der Waals surface area contributed by atoms with Gasteiger partial charge in [-0.1, -0.05) is 13.0 Å². The van der Waals surface area contributed by atoms with E-state index in [2.05, 4.69) is 32.1 Å². The minimum atomic E-state index is 0.0234. The van der Waals surface area contributed by atoms with Gasteiger partial charge >= 0.3 is 0 Å². The van der Waals surface area contributed by atoms with Crippen molar-refractivity contribution in [2.24, 2.45) is 0 Å². The van der Waals surface area contributed by atoms with Crippen LogP contribution in [0.15, 0.2) is 30.6 Å². The van der Waals surface area contributed by atoms with E-state index in [0.717, 1.165) is 56.8 Å². The summed E-state index contributed by atoms with van der Waals surface area (Å²) in [4.78, 5) is 30.1. The molecule has 0 saturated carbocycles. The van der Waals surface area contributed by atoms with Gasteiger partial charge in [-0.05, 0) is 31.9 Å². The summed E-state index contributed by atoms with van der Waals surface area (Å²) in [5, 5.41) is 3.19. The third kappa shape index (κ3) is 5.47. The molecule has 2 aromatic heterocycles. The van der Waals surface area contributed by atoms with Crippen molar-refractivity contribution in [3.05, 3.63) is 47.5 Å². The van der Waals surface area contributed by atoms with Gasteiger partial charge in [0, 0.05) is 62.9 Å². The van der Waals surface area contributed by atoms with Crippen molar-refractivity contribution >= 4 is 11.9 Å². The average Bonchev–Trinajstić information content (AvgIpc) is 2.92. The van der Waals surface area contributed by atoms with Crippen molar-refractivity contribution in [1.82, 2.24) is 24.8 Å². The fourth-order valence-electron chi connectivity index (χ4n) is 3.18. The highest BCUT2D eigenvalue weighted by molar-refractivity contribution is 5.92. The number of aryl methyl sites for hydroxylation is 1. The number of carbonyl (C=O) groups is 1. The van der Waals surface area contributed by atoms with Crippen LogP contribution in [0.5, 0.6) is 0 Å². The molecule has 1 fully saturated rings. The van der Waals surface area contributed by atoms with Crippen molar-refractivity contribution in [3.8, 4) is 0 Å². The maximum absolute atomic E-state index is 12.7. The van der Waals surface area contributed by atoms with E-state index in [-0.39, 0.29) is 5.91 Å². The van der Waals surface area contributed by atoms with Crippen LogP contribution in [0, 0.1) is 6.92 Å². The molecule has 27 heavy (non-hydrogen) atoms. The molecule has 0 spiro atoms. The Kier molecular flexibility index (Phi) is 6.70. The van der Waals surface area contributed by atoms with Gasteiger partial charge in [-0.2, -0.15) is 0 Å². The third-order valence-corrected chi connectivity index (χ3v) is 4.63. The Balaban J connectivity index is 1.54. The molecule has 1 saturated heterocycles. The molecule has 0 unspecified atom stereocenters. The predicted octanol–water partition coefficient (Wildman–Crippen LogP) is 2.35. The first kappa shape index (κ1) is 19.2. The lowest BCUT2D eigenvalue weighted by atomic mass is 10.2. The Hall–Kier alpha value is -2.54. The van der Waals surface area contributed by atoms with Crippen LogP contribution in [0.2, 0.25) is 0 Å². The van der Waals surface area contributed by atoms with E-state index in [1.165, 1.54) is 0 Å². The van der Waals surface area contributed by atoms with Crippen LogP contribution in [0.25, 0.3) is 0 Å². The van der Waals surface area contributed by atoms with Gasteiger partial charge < -0.3 is 10.2 Å². The lowest BCUT2D eigenvalue weighted by Gasteiger charge is -2.21. The summed E-state index contributed by atoms with van der Waals surface area (Å²) in [6.45, 7) is 8.99. The molecule has 0 aromatic carbocycles. The van der Waals surface area contributed by atoms with Gasteiger partial charge in [0.15, 0.2) is 0 Å². The molecule has 0 atom stereocenters. The summed E-state index contributed by atoms with van der Waals surface area (Å²) in [5.74, 6) is 0.703. The van der Waals surface area contributed by atoms with Crippen LogP contribution in [0.4, 0.5) is 5.95 Å². The Morgan fingerprint density at radius 2 is 1.96 bits per heavy atom. The van der Waals surface area contributed by atoms with E-state index in [1.54, 1.807) is 6.07 Å². The second-order valence-electron chi connectivity index (χ2n) is 6.93. The molecule has 1 aliphatic rings. The fourth-order valence-corrected chi connectivity index (χ4v) is 3.18. The number of rotatable bonds is 6. The van der Waals surface area contributed by atoms with Gasteiger partial charge in [-0.25, -0.2) is 15.0 Å². The number of amides is 1. The molecule has 1 amide bonds. The molecule has 0 bridgehead atoms. The second kappa shape index (κ2) is 9.41. The van der Waals surface area contributed by atoms with Crippen molar-refractivity contribution < 1.29 is 4.79 Å². The number of pyridine rings is 1. The topological polar surface area (TPSA) is 74.2 Å². The summed E-state index contributed by atoms with van der Waals surface area (Å²) in [6, 6.07) is 5.59. The minimum Gasteiger partial charge on any atom is -0.354 e. The molecule has 144 valence electrons. The lowest BCUT2D eigenvalue weighted by Crippen LogP contribution is -2.35. The number of aromatic nitrogens is 3. The maximum atomic E-state index is 12.7. The number of carbonyl (C=O) groups excluding carboxylic acids is 1. The molecule has 0 aliphatic carbocycles. The summed E-state index contributed by atoms with van der Waals surface area (Å²) in [7, 11) is 0. The largest absolute Gasteiger partial charge is 0.354 e. The zero-order chi connectivity index (χ0) is 19.1. The van der Waals surface area contributed by atoms with Crippen molar-refractivity contribution in [3.63, 3.8) is 0 Å². The van der Waals surface area contributed by atoms with E-state index in [1.807, 2.05) is 36.4 Å². The molecular weight excluding hydrogens is 340 g/mol. The molecule has 7 heteroatoms. The summed E-state index contributed by atoms with van der Waals surface area (Å²) in [5.41, 5.74) is 2.50. The first-order valence-corrected chi connectivity index (χ1v) is 9.66. The molecule has 2 aromatic rings. The summed E-state index contributed by atoms with van der Waals surface area (Å²) < 4.78 is 0. The van der Waals surface area contributed by atoms with Crippen LogP contribution in [-0.4, -0.2) is 63.4 Å². The van der Waals surface area contributed by atoms with Gasteiger partial charge in [-0.15, -0.1) is 0 Å². The first-order valence-electron chi connectivity index (χ1n) is 9.66. The van der Waals surface area contributed by atoms with Gasteiger partial charge in [0.1, 0.15) is 5.69 Å². The van der Waals surface area contributed by atoms with E-state index in [9.17, 15) is 4.79 Å². The Morgan fingerprint density at radius 3 is 2.70 bits per heavy atom. The molecule has 7 nitrogen and oxygen atoms in total. The van der Waals surface area contributed by atoms with Crippen LogP contribution >= 0.6 is 0 Å². The van der Waals surface area contributed by atoms with Crippen LogP contribution in [0.3, 0.4) is 0 Å². The van der Waals surface area contributed by atoms with Crippen LogP contribution in [-0.2, 0) is 6.54 Å². The summed E-state index contributed by atoms with van der Waals surface area (Å²) >= 11 is 0. The van der Waals surface area contributed by atoms with E-state index >= 15 is 0 Å². The quantitative estimate of drug-likeness (QED) is 0.844. The Morgan fingerprint density at radius 1 is 1.15 bits per heavy atom. The molecule has 1 N–H and O–H groups in total. The minimum absolute atomic E-state index is 0.0234. The fraction of sp³-hybridized carbons (Fsp3) is 0.500. The smallest absolute Gasteiger partial charge is 0.272 e. The predicted molar refractivity (Wildman–Crippen MR) is 106 cm³/mol. The van der Waals surface area contributed by atoms with Crippen LogP contribution in [0.1, 0.15) is 41.5 Å². The number of hydrogen-bond donors (Lipinski definition) is 1. The molecule has 0 radical (unpaired) electrons. The number of nitrogens with zero attached hydrogens (tertiary/aromatic N) is 5. The average molecular weight is 368 g/mol. The lowest BCUT2D eigenvalue weighted by molar-refractivity contribution is 0.0755. The molecule has 3 rings (SSSR count). The van der Waals surface area contributed by atoms with E-state index in [4.69, 9.17) is 0 Å². The van der Waals surface area contributed by atoms with Crippen molar-refractivity contribution in [1.29, 1.82) is 0 Å². The standard InChI is InChI=1S/C20H28N6O/c1-3-8-21-20-22-13-17(14-23-20)15-25-9-5-10-26(12-11-25)19(27)18-7-4-6-16(2)24-18/h4,6-7,13-14H,3,5,8-12,15H2,1-2H3,(H,21,22,23). The highest BCUT2D eigenvalue weighted by atomic mass is 16.2. The molecule has 3 heterocycles.